The lowest BCUT2D eigenvalue weighted by Gasteiger charge is -2.17. The number of phenols is 2. The van der Waals surface area contributed by atoms with Crippen molar-refractivity contribution in [3.63, 3.8) is 0 Å². The summed E-state index contributed by atoms with van der Waals surface area (Å²) in [4.78, 5) is 23.5. The van der Waals surface area contributed by atoms with Crippen molar-refractivity contribution < 1.29 is 19.8 Å². The second-order valence-electron chi connectivity index (χ2n) is 4.21. The molecule has 0 saturated heterocycles. The first-order chi connectivity index (χ1) is 8.32. The molecule has 0 spiro atoms. The number of hydrogen-bond acceptors (Lipinski definition) is 4. The summed E-state index contributed by atoms with van der Waals surface area (Å²) in [6.45, 7) is 4.48. The second kappa shape index (κ2) is 5.53. The molecule has 0 aliphatic rings. The molecular formula is C13H17NO4. The van der Waals surface area contributed by atoms with Crippen molar-refractivity contribution in [1.29, 1.82) is 0 Å². The fourth-order valence-corrected chi connectivity index (χ4v) is 1.69. The molecule has 0 aliphatic heterocycles. The lowest BCUT2D eigenvalue weighted by atomic mass is 10.1. The molecule has 0 radical (unpaired) electrons. The zero-order valence-corrected chi connectivity index (χ0v) is 10.7. The van der Waals surface area contributed by atoms with E-state index >= 15 is 0 Å². The van der Waals surface area contributed by atoms with Crippen molar-refractivity contribution in [2.75, 3.05) is 6.54 Å². The van der Waals surface area contributed by atoms with Gasteiger partial charge in [0.1, 0.15) is 11.5 Å². The van der Waals surface area contributed by atoms with Crippen molar-refractivity contribution in [2.24, 2.45) is 0 Å². The normalized spacial score (nSPS) is 10.2. The highest BCUT2D eigenvalue weighted by molar-refractivity contribution is 5.92. The lowest BCUT2D eigenvalue weighted by Crippen LogP contribution is -2.34. The quantitative estimate of drug-likeness (QED) is 0.795. The molecule has 1 aromatic carbocycles. The smallest absolute Gasteiger partial charge is 0.226 e. The van der Waals surface area contributed by atoms with Gasteiger partial charge in [0.05, 0.1) is 0 Å². The highest BCUT2D eigenvalue weighted by Gasteiger charge is 2.14. The van der Waals surface area contributed by atoms with E-state index in [1.807, 2.05) is 0 Å². The number of nitrogens with zero attached hydrogens (tertiary/aromatic N) is 1. The van der Waals surface area contributed by atoms with E-state index in [-0.39, 0.29) is 29.9 Å². The van der Waals surface area contributed by atoms with Crippen LogP contribution in [0, 0.1) is 6.92 Å². The summed E-state index contributed by atoms with van der Waals surface area (Å²) in [5, 5.41) is 19.3. The van der Waals surface area contributed by atoms with Crippen LogP contribution in [0.4, 0.5) is 0 Å². The van der Waals surface area contributed by atoms with Crippen LogP contribution >= 0.6 is 0 Å². The number of carbonyl (C=O) groups excluding carboxylic acids is 2. The largest absolute Gasteiger partial charge is 0.508 e. The van der Waals surface area contributed by atoms with Crippen molar-refractivity contribution in [1.82, 2.24) is 4.90 Å². The Hall–Kier alpha value is -2.04. The molecule has 98 valence electrons. The van der Waals surface area contributed by atoms with E-state index < -0.39 is 0 Å². The van der Waals surface area contributed by atoms with Crippen LogP contribution < -0.4 is 0 Å². The zero-order valence-electron chi connectivity index (χ0n) is 10.7. The van der Waals surface area contributed by atoms with Crippen LogP contribution in [0.2, 0.25) is 0 Å². The van der Waals surface area contributed by atoms with E-state index in [1.54, 1.807) is 6.92 Å². The van der Waals surface area contributed by atoms with Crippen LogP contribution in [0.15, 0.2) is 12.1 Å². The Bertz CT molecular complexity index is 468. The van der Waals surface area contributed by atoms with Crippen molar-refractivity contribution in [3.05, 3.63) is 23.3 Å². The summed E-state index contributed by atoms with van der Waals surface area (Å²) in [6, 6.07) is 2.90. The number of imide groups is 1. The maximum Gasteiger partial charge on any atom is 0.226 e. The average Bonchev–Trinajstić information content (AvgIpc) is 2.24. The first kappa shape index (κ1) is 14.0. The predicted octanol–water partition coefficient (Wildman–Crippen LogP) is 1.34. The number of rotatable bonds is 3. The minimum Gasteiger partial charge on any atom is -0.508 e. The third-order valence-corrected chi connectivity index (χ3v) is 2.76. The summed E-state index contributed by atoms with van der Waals surface area (Å²) in [6.07, 6.45) is 0.304. The number of aryl methyl sites for hydroxylation is 1. The molecule has 0 unspecified atom stereocenters. The van der Waals surface area contributed by atoms with Gasteiger partial charge in [-0.3, -0.25) is 14.5 Å². The van der Waals surface area contributed by atoms with Gasteiger partial charge in [-0.2, -0.15) is 0 Å². The number of hydrogen-bond donors (Lipinski definition) is 2. The molecule has 0 bridgehead atoms. The van der Waals surface area contributed by atoms with Gasteiger partial charge in [0.2, 0.25) is 11.8 Å². The number of benzene rings is 1. The van der Waals surface area contributed by atoms with Crippen LogP contribution in [0.3, 0.4) is 0 Å². The second-order valence-corrected chi connectivity index (χ2v) is 4.21. The van der Waals surface area contributed by atoms with E-state index in [0.29, 0.717) is 17.5 Å². The summed E-state index contributed by atoms with van der Waals surface area (Å²) >= 11 is 0. The van der Waals surface area contributed by atoms with Gasteiger partial charge in [-0.1, -0.05) is 0 Å². The molecule has 0 heterocycles. The molecular weight excluding hydrogens is 234 g/mol. The first-order valence-corrected chi connectivity index (χ1v) is 5.63. The topological polar surface area (TPSA) is 77.8 Å². The van der Waals surface area contributed by atoms with Gasteiger partial charge in [0, 0.05) is 20.4 Å². The molecule has 0 aromatic heterocycles. The van der Waals surface area contributed by atoms with E-state index in [0.717, 1.165) is 4.90 Å². The maximum atomic E-state index is 11.2. The van der Waals surface area contributed by atoms with Gasteiger partial charge in [0.25, 0.3) is 0 Å². The number of phenolic OH excluding ortho intramolecular Hbond substituents is 2. The minimum absolute atomic E-state index is 0.0531. The molecule has 5 heteroatoms. The number of amides is 2. The van der Waals surface area contributed by atoms with Crippen LogP contribution in [0.25, 0.3) is 0 Å². The highest BCUT2D eigenvalue weighted by atomic mass is 16.3. The third kappa shape index (κ3) is 3.23. The van der Waals surface area contributed by atoms with Gasteiger partial charge in [0.15, 0.2) is 0 Å². The first-order valence-electron chi connectivity index (χ1n) is 5.63. The highest BCUT2D eigenvalue weighted by Crippen LogP contribution is 2.26. The molecule has 0 fully saturated rings. The van der Waals surface area contributed by atoms with Gasteiger partial charge >= 0.3 is 0 Å². The molecule has 1 aromatic rings. The Morgan fingerprint density at radius 3 is 2.17 bits per heavy atom. The van der Waals surface area contributed by atoms with Gasteiger partial charge < -0.3 is 10.2 Å². The number of aromatic hydroxyl groups is 2. The van der Waals surface area contributed by atoms with E-state index in [2.05, 4.69) is 0 Å². The Kier molecular flexibility index (Phi) is 4.31. The van der Waals surface area contributed by atoms with Crippen LogP contribution in [-0.4, -0.2) is 33.5 Å². The Morgan fingerprint density at radius 2 is 1.67 bits per heavy atom. The van der Waals surface area contributed by atoms with Crippen LogP contribution in [-0.2, 0) is 16.0 Å². The molecule has 18 heavy (non-hydrogen) atoms. The SMILES string of the molecule is CC(=O)N(CCc1cc(O)c(C)cc1O)C(C)=O. The van der Waals surface area contributed by atoms with Crippen molar-refractivity contribution in [2.45, 2.75) is 27.2 Å². The summed E-state index contributed by atoms with van der Waals surface area (Å²) < 4.78 is 0. The Morgan fingerprint density at radius 1 is 1.11 bits per heavy atom. The minimum atomic E-state index is -0.335. The summed E-state index contributed by atoms with van der Waals surface area (Å²) in [7, 11) is 0. The van der Waals surface area contributed by atoms with Crippen LogP contribution in [0.5, 0.6) is 11.5 Å². The number of carbonyl (C=O) groups is 2. The molecule has 2 amide bonds. The fourth-order valence-electron chi connectivity index (χ4n) is 1.69. The molecule has 5 nitrogen and oxygen atoms in total. The van der Waals surface area contributed by atoms with E-state index in [9.17, 15) is 19.8 Å². The Labute approximate surface area is 106 Å². The summed E-state index contributed by atoms with van der Waals surface area (Å²) in [5.74, 6) is -0.533. The molecule has 0 atom stereocenters. The molecule has 1 rings (SSSR count). The third-order valence-electron chi connectivity index (χ3n) is 2.76. The average molecular weight is 251 g/mol. The fraction of sp³-hybridized carbons (Fsp3) is 0.385. The maximum absolute atomic E-state index is 11.2. The molecule has 2 N–H and O–H groups in total. The van der Waals surface area contributed by atoms with Gasteiger partial charge in [-0.15, -0.1) is 0 Å². The zero-order chi connectivity index (χ0) is 13.9. The van der Waals surface area contributed by atoms with E-state index in [1.165, 1.54) is 26.0 Å². The summed E-state index contributed by atoms with van der Waals surface area (Å²) in [5.41, 5.74) is 1.08. The van der Waals surface area contributed by atoms with Crippen molar-refractivity contribution in [3.8, 4) is 11.5 Å². The van der Waals surface area contributed by atoms with Crippen LogP contribution in [0.1, 0.15) is 25.0 Å². The molecule has 0 saturated carbocycles. The van der Waals surface area contributed by atoms with Gasteiger partial charge in [-0.25, -0.2) is 0 Å². The monoisotopic (exact) mass is 251 g/mol. The van der Waals surface area contributed by atoms with Crippen molar-refractivity contribution >= 4 is 11.8 Å². The predicted molar refractivity (Wildman–Crippen MR) is 66.3 cm³/mol. The standard InChI is InChI=1S/C13H17NO4/c1-8-6-13(18)11(7-12(8)17)4-5-14(9(2)15)10(3)16/h6-7,17-18H,4-5H2,1-3H3. The lowest BCUT2D eigenvalue weighted by molar-refractivity contribution is -0.142. The van der Waals surface area contributed by atoms with Gasteiger partial charge in [-0.05, 0) is 36.6 Å². The van der Waals surface area contributed by atoms with E-state index in [4.69, 9.17) is 0 Å². The Balaban J connectivity index is 2.83. The molecule has 0 aliphatic carbocycles.